The molecule has 0 aromatic rings. The van der Waals surface area contributed by atoms with Gasteiger partial charge in [0.2, 0.25) is 10.0 Å². The minimum Gasteiger partial charge on any atom is -0.383 e. The van der Waals surface area contributed by atoms with Crippen LogP contribution in [0.2, 0.25) is 0 Å². The molecule has 0 spiro atoms. The van der Waals surface area contributed by atoms with Gasteiger partial charge in [0.1, 0.15) is 0 Å². The van der Waals surface area contributed by atoms with Gasteiger partial charge in [0.15, 0.2) is 0 Å². The third kappa shape index (κ3) is 4.01. The van der Waals surface area contributed by atoms with Gasteiger partial charge >= 0.3 is 0 Å². The van der Waals surface area contributed by atoms with E-state index < -0.39 is 10.0 Å². The summed E-state index contributed by atoms with van der Waals surface area (Å²) in [6, 6.07) is 0.136. The second-order valence-electron chi connectivity index (χ2n) is 4.42. The average Bonchev–Trinajstić information content (AvgIpc) is 2.62. The molecule has 0 aromatic heterocycles. The molecule has 0 aromatic carbocycles. The average molecular weight is 250 g/mol. The summed E-state index contributed by atoms with van der Waals surface area (Å²) in [6.07, 6.45) is 3.22. The summed E-state index contributed by atoms with van der Waals surface area (Å²) in [7, 11) is 0.628. The molecule has 0 N–H and O–H groups in total. The van der Waals surface area contributed by atoms with Gasteiger partial charge < -0.3 is 9.64 Å². The van der Waals surface area contributed by atoms with Gasteiger partial charge in [-0.1, -0.05) is 0 Å². The van der Waals surface area contributed by atoms with Crippen LogP contribution in [-0.2, 0) is 14.8 Å². The summed E-state index contributed by atoms with van der Waals surface area (Å²) in [5.74, 6) is 0. The molecule has 0 radical (unpaired) electrons. The summed E-state index contributed by atoms with van der Waals surface area (Å²) in [5, 5.41) is 0. The molecular formula is C10H22N2O3S. The molecule has 1 unspecified atom stereocenters. The van der Waals surface area contributed by atoms with E-state index in [4.69, 9.17) is 4.74 Å². The monoisotopic (exact) mass is 250 g/mol. The van der Waals surface area contributed by atoms with Crippen LogP contribution in [0.4, 0.5) is 0 Å². The van der Waals surface area contributed by atoms with Crippen molar-refractivity contribution in [2.75, 3.05) is 46.7 Å². The van der Waals surface area contributed by atoms with Crippen molar-refractivity contribution >= 4 is 10.0 Å². The Morgan fingerprint density at radius 3 is 2.75 bits per heavy atom. The zero-order chi connectivity index (χ0) is 12.2. The second kappa shape index (κ2) is 5.95. The Labute approximate surface area is 98.4 Å². The number of hydrogen-bond acceptors (Lipinski definition) is 4. The highest BCUT2D eigenvalue weighted by Gasteiger charge is 2.31. The highest BCUT2D eigenvalue weighted by atomic mass is 32.2. The predicted molar refractivity (Wildman–Crippen MR) is 63.9 cm³/mol. The van der Waals surface area contributed by atoms with Crippen LogP contribution in [0.25, 0.3) is 0 Å². The third-order valence-electron chi connectivity index (χ3n) is 2.95. The minimum absolute atomic E-state index is 0.136. The van der Waals surface area contributed by atoms with Crippen LogP contribution in [0.3, 0.4) is 0 Å². The summed E-state index contributed by atoms with van der Waals surface area (Å²) in [5.41, 5.74) is 0. The number of likely N-dealkylation sites (N-methyl/N-ethyl adjacent to an activating group) is 1. The summed E-state index contributed by atoms with van der Waals surface area (Å²) < 4.78 is 29.7. The molecule has 16 heavy (non-hydrogen) atoms. The first-order valence-electron chi connectivity index (χ1n) is 5.59. The van der Waals surface area contributed by atoms with E-state index in [1.54, 1.807) is 11.4 Å². The predicted octanol–water partition coefficient (Wildman–Crippen LogP) is -0.0114. The third-order valence-corrected chi connectivity index (χ3v) is 4.28. The quantitative estimate of drug-likeness (QED) is 0.665. The number of sulfonamides is 1. The smallest absolute Gasteiger partial charge is 0.211 e. The maximum absolute atomic E-state index is 11.5. The minimum atomic E-state index is -3.04. The fraction of sp³-hybridized carbons (Fsp3) is 1.00. The molecule has 1 saturated heterocycles. The van der Waals surface area contributed by atoms with E-state index in [1.165, 1.54) is 6.26 Å². The molecule has 0 bridgehead atoms. The molecule has 1 heterocycles. The van der Waals surface area contributed by atoms with Crippen LogP contribution in [0.15, 0.2) is 0 Å². The standard InChI is InChI=1S/C10H22N2O3S/c1-11(7-8-15-2)9-10-5-4-6-12(10)16(3,13)14/h10H,4-9H2,1-3H3. The lowest BCUT2D eigenvalue weighted by atomic mass is 10.2. The Hall–Kier alpha value is -0.170. The van der Waals surface area contributed by atoms with Crippen LogP contribution < -0.4 is 0 Å². The van der Waals surface area contributed by atoms with Crippen molar-refractivity contribution in [3.63, 3.8) is 0 Å². The highest BCUT2D eigenvalue weighted by molar-refractivity contribution is 7.88. The van der Waals surface area contributed by atoms with E-state index in [0.29, 0.717) is 13.2 Å². The molecule has 1 atom stereocenters. The highest BCUT2D eigenvalue weighted by Crippen LogP contribution is 2.20. The van der Waals surface area contributed by atoms with Gasteiger partial charge in [-0.25, -0.2) is 8.42 Å². The molecule has 1 aliphatic rings. The van der Waals surface area contributed by atoms with Crippen molar-refractivity contribution in [3.05, 3.63) is 0 Å². The van der Waals surface area contributed by atoms with Gasteiger partial charge in [-0.05, 0) is 19.9 Å². The van der Waals surface area contributed by atoms with Gasteiger partial charge in [-0.2, -0.15) is 4.31 Å². The molecule has 1 rings (SSSR count). The van der Waals surface area contributed by atoms with Crippen molar-refractivity contribution in [2.24, 2.45) is 0 Å². The van der Waals surface area contributed by atoms with Crippen molar-refractivity contribution in [1.29, 1.82) is 0 Å². The number of methoxy groups -OCH3 is 1. The number of ether oxygens (including phenoxy) is 1. The topological polar surface area (TPSA) is 49.9 Å². The number of rotatable bonds is 6. The summed E-state index contributed by atoms with van der Waals surface area (Å²) in [6.45, 7) is 2.98. The normalized spacial score (nSPS) is 23.1. The van der Waals surface area contributed by atoms with Gasteiger partial charge in [0.25, 0.3) is 0 Å². The molecule has 1 fully saturated rings. The van der Waals surface area contributed by atoms with Crippen molar-refractivity contribution in [3.8, 4) is 0 Å². The van der Waals surface area contributed by atoms with E-state index in [1.807, 2.05) is 7.05 Å². The zero-order valence-electron chi connectivity index (χ0n) is 10.3. The lowest BCUT2D eigenvalue weighted by molar-refractivity contribution is 0.151. The molecule has 96 valence electrons. The first-order valence-corrected chi connectivity index (χ1v) is 7.44. The fourth-order valence-electron chi connectivity index (χ4n) is 2.13. The van der Waals surface area contributed by atoms with Crippen molar-refractivity contribution in [1.82, 2.24) is 9.21 Å². The lowest BCUT2D eigenvalue weighted by Gasteiger charge is -2.26. The maximum atomic E-state index is 11.5. The molecule has 1 aliphatic heterocycles. The Balaban J connectivity index is 2.47. The van der Waals surface area contributed by atoms with Crippen molar-refractivity contribution < 1.29 is 13.2 Å². The van der Waals surface area contributed by atoms with Crippen LogP contribution >= 0.6 is 0 Å². The fourth-order valence-corrected chi connectivity index (χ4v) is 3.30. The van der Waals surface area contributed by atoms with E-state index in [9.17, 15) is 8.42 Å². The molecule has 0 amide bonds. The Morgan fingerprint density at radius 1 is 1.50 bits per heavy atom. The van der Waals surface area contributed by atoms with Crippen LogP contribution in [-0.4, -0.2) is 70.3 Å². The van der Waals surface area contributed by atoms with Gasteiger partial charge in [-0.3, -0.25) is 0 Å². The van der Waals surface area contributed by atoms with Gasteiger partial charge in [0.05, 0.1) is 12.9 Å². The lowest BCUT2D eigenvalue weighted by Crippen LogP contribution is -2.42. The zero-order valence-corrected chi connectivity index (χ0v) is 11.2. The van der Waals surface area contributed by atoms with E-state index >= 15 is 0 Å². The van der Waals surface area contributed by atoms with E-state index in [2.05, 4.69) is 4.90 Å². The SMILES string of the molecule is COCCN(C)CC1CCCN1S(C)(=O)=O. The first-order chi connectivity index (χ1) is 7.45. The van der Waals surface area contributed by atoms with Crippen LogP contribution in [0.5, 0.6) is 0 Å². The molecule has 6 heteroatoms. The molecule has 5 nitrogen and oxygen atoms in total. The summed E-state index contributed by atoms with van der Waals surface area (Å²) in [4.78, 5) is 2.12. The van der Waals surface area contributed by atoms with E-state index in [0.717, 1.165) is 25.9 Å². The molecular weight excluding hydrogens is 228 g/mol. The Morgan fingerprint density at radius 2 is 2.19 bits per heavy atom. The maximum Gasteiger partial charge on any atom is 0.211 e. The Kier molecular flexibility index (Phi) is 5.17. The largest absolute Gasteiger partial charge is 0.383 e. The van der Waals surface area contributed by atoms with E-state index in [-0.39, 0.29) is 6.04 Å². The summed E-state index contributed by atoms with van der Waals surface area (Å²) >= 11 is 0. The number of hydrogen-bond donors (Lipinski definition) is 0. The molecule has 0 saturated carbocycles. The second-order valence-corrected chi connectivity index (χ2v) is 6.36. The van der Waals surface area contributed by atoms with Crippen molar-refractivity contribution in [2.45, 2.75) is 18.9 Å². The van der Waals surface area contributed by atoms with Crippen LogP contribution in [0, 0.1) is 0 Å². The Bertz CT molecular complexity index is 305. The molecule has 0 aliphatic carbocycles. The van der Waals surface area contributed by atoms with Gasteiger partial charge in [0, 0.05) is 32.8 Å². The van der Waals surface area contributed by atoms with Gasteiger partial charge in [-0.15, -0.1) is 0 Å². The number of nitrogens with zero attached hydrogens (tertiary/aromatic N) is 2. The van der Waals surface area contributed by atoms with Crippen LogP contribution in [0.1, 0.15) is 12.8 Å². The first kappa shape index (κ1) is 13.9.